The standard InChI is InChI=1S/2C20H21N4.2C19H19N4.C18H17N4/c1-14-7-5-8-15(2)18(14)16-9-6-11-22(3)19(16)17-13-24-12-10-21-20(24)23(17)4;1-14-7-5-6-8-16(14)17-11-18(22(3)12-15(17)2)19-13-24-10-9-21-20(24)23(19)4;1-14-12-21(2)17(11-16(14)15-7-5-4-6-8-15)18-13-23-10-9-20-19(23)22(18)3;1-14-11-17(18-13-23-10-9-20-19(23)22(18)3)21(2)12-16(14)15-7-5-4-6-8-15;1-20-11-6-9-15(14-7-4-3-5-8-14)17(20)16-13-22-12-10-19-18(22)21(16)2/h2*5-13H,1-4H3;2*4-13H,1-3H3;3-13H,1-2H3/q5*+1. The molecule has 0 saturated carbocycles. The first-order chi connectivity index (χ1) is 56.2. The number of aromatic nitrogens is 20. The van der Waals surface area contributed by atoms with Gasteiger partial charge < -0.3 is 22.8 Å². The Labute approximate surface area is 675 Å². The summed E-state index contributed by atoms with van der Waals surface area (Å²) in [5, 5.41) is 0. The number of hydrogen-bond acceptors (Lipinski definition) is 5. The molecule has 0 fully saturated rings. The third-order valence-corrected chi connectivity index (χ3v) is 22.4. The van der Waals surface area contributed by atoms with Crippen LogP contribution in [0.15, 0.2) is 300 Å². The van der Waals surface area contributed by atoms with E-state index in [0.717, 1.165) is 57.4 Å². The maximum Gasteiger partial charge on any atom is 0.238 e. The monoisotopic (exact) mass is 1530 g/mol. The highest BCUT2D eigenvalue weighted by atomic mass is 15.2. The molecule has 20 aromatic rings. The van der Waals surface area contributed by atoms with Crippen molar-refractivity contribution in [1.82, 2.24) is 69.8 Å². The van der Waals surface area contributed by atoms with Crippen molar-refractivity contribution in [2.75, 3.05) is 0 Å². The van der Waals surface area contributed by atoms with Gasteiger partial charge in [-0.05, 0) is 115 Å². The van der Waals surface area contributed by atoms with Crippen LogP contribution < -0.4 is 22.8 Å². The summed E-state index contributed by atoms with van der Waals surface area (Å²) < 4.78 is 31.8. The third-order valence-electron chi connectivity index (χ3n) is 22.4. The maximum atomic E-state index is 4.45. The number of benzene rings is 5. The second-order valence-corrected chi connectivity index (χ2v) is 30.1. The number of nitrogens with zero attached hydrogens (tertiary/aromatic N) is 20. The summed E-state index contributed by atoms with van der Waals surface area (Å²) in [4.78, 5) is 22.1. The molecular weight excluding hydrogens is 1430 g/mol. The van der Waals surface area contributed by atoms with Gasteiger partial charge in [0.25, 0.3) is 0 Å². The maximum absolute atomic E-state index is 4.45. The van der Waals surface area contributed by atoms with Crippen LogP contribution in [-0.2, 0) is 70.5 Å². The fourth-order valence-electron chi connectivity index (χ4n) is 16.4. The molecular formula is C96H97N20+5. The van der Waals surface area contributed by atoms with E-state index in [0.29, 0.717) is 0 Å². The Morgan fingerprint density at radius 1 is 0.250 bits per heavy atom. The van der Waals surface area contributed by atoms with Crippen molar-refractivity contribution in [3.05, 3.63) is 333 Å². The van der Waals surface area contributed by atoms with E-state index in [1.165, 1.54) is 117 Å². The third kappa shape index (κ3) is 14.3. The van der Waals surface area contributed by atoms with E-state index in [4.69, 9.17) is 0 Å². The van der Waals surface area contributed by atoms with Crippen molar-refractivity contribution in [3.8, 4) is 113 Å². The minimum Gasteiger partial charge on any atom is -0.308 e. The van der Waals surface area contributed by atoms with Crippen LogP contribution in [0.1, 0.15) is 33.4 Å². The molecule has 20 rings (SSSR count). The normalized spacial score (nSPS) is 11.3. The summed E-state index contributed by atoms with van der Waals surface area (Å²) in [6, 6.07) is 61.9. The molecule has 20 heteroatoms. The van der Waals surface area contributed by atoms with Gasteiger partial charge in [0.15, 0.2) is 31.0 Å². The first-order valence-electron chi connectivity index (χ1n) is 38.9. The summed E-state index contributed by atoms with van der Waals surface area (Å²) in [5.74, 6) is 4.73. The molecule has 0 N–H and O–H groups in total. The van der Waals surface area contributed by atoms with Gasteiger partial charge in [-0.15, -0.1) is 0 Å². The molecule has 116 heavy (non-hydrogen) atoms. The number of hydrogen-bond donors (Lipinski definition) is 0. The van der Waals surface area contributed by atoms with E-state index in [1.54, 1.807) is 0 Å². The van der Waals surface area contributed by atoms with Crippen LogP contribution in [0.4, 0.5) is 0 Å². The quantitative estimate of drug-likeness (QED) is 0.126. The smallest absolute Gasteiger partial charge is 0.238 e. The Bertz CT molecular complexity index is 6960. The Morgan fingerprint density at radius 2 is 0.569 bits per heavy atom. The molecule has 0 aliphatic rings. The topological polar surface area (TPSA) is 131 Å². The lowest BCUT2D eigenvalue weighted by Gasteiger charge is -2.13. The van der Waals surface area contributed by atoms with Crippen LogP contribution in [0.25, 0.3) is 141 Å². The molecule has 0 amide bonds. The predicted molar refractivity (Wildman–Crippen MR) is 459 cm³/mol. The van der Waals surface area contributed by atoms with Crippen molar-refractivity contribution in [3.63, 3.8) is 0 Å². The van der Waals surface area contributed by atoms with Gasteiger partial charge in [-0.3, -0.25) is 22.0 Å². The zero-order valence-electron chi connectivity index (χ0n) is 68.7. The Hall–Kier alpha value is -14.4. The van der Waals surface area contributed by atoms with Crippen LogP contribution in [0.2, 0.25) is 0 Å². The van der Waals surface area contributed by atoms with Crippen LogP contribution in [-0.4, -0.2) is 69.8 Å². The van der Waals surface area contributed by atoms with E-state index < -0.39 is 0 Å². The van der Waals surface area contributed by atoms with Crippen LogP contribution in [0.3, 0.4) is 0 Å². The van der Waals surface area contributed by atoms with E-state index in [-0.39, 0.29) is 0 Å². The van der Waals surface area contributed by atoms with Gasteiger partial charge >= 0.3 is 0 Å². The van der Waals surface area contributed by atoms with Gasteiger partial charge in [-0.2, -0.15) is 22.8 Å². The van der Waals surface area contributed by atoms with Crippen molar-refractivity contribution < 1.29 is 22.8 Å². The largest absolute Gasteiger partial charge is 0.308 e. The fourth-order valence-corrected chi connectivity index (χ4v) is 16.4. The zero-order chi connectivity index (χ0) is 80.7. The lowest BCUT2D eigenvalue weighted by molar-refractivity contribution is -0.661. The molecule has 0 aliphatic carbocycles. The fraction of sp³-hybridized carbons (Fsp3) is 0.167. The number of aryl methyl sites for hydroxylation is 16. The molecule has 5 aromatic carbocycles. The Morgan fingerprint density at radius 3 is 0.991 bits per heavy atom. The SMILES string of the molecule is Cc1c[n+](C)c(-c2cn3ccnc3n2C)cc1-c1ccccc1.Cc1cc(-c2cn3ccnc3n2C)[n+](C)cc1-c1ccccc1.Cc1cccc(C)c1-c1ccc[n+](C)c1-c1cn2ccnc2n1C.Cc1ccccc1-c1cc(-c2cn3ccnc3n2C)[n+](C)cc1C.Cn1c(-c2c(-c3ccccc3)ccc[n+]2C)cn2ccnc12. The average Bonchev–Trinajstić information content (AvgIpc) is 1.57. The van der Waals surface area contributed by atoms with Crippen LogP contribution in [0, 0.1) is 41.5 Å². The molecule has 15 aromatic heterocycles. The first kappa shape index (κ1) is 75.6. The number of imidazole rings is 10. The van der Waals surface area contributed by atoms with Gasteiger partial charge in [0.2, 0.25) is 57.4 Å². The van der Waals surface area contributed by atoms with E-state index in [1.807, 2.05) is 74.1 Å². The van der Waals surface area contributed by atoms with Gasteiger partial charge in [-0.25, -0.2) is 24.9 Å². The summed E-state index contributed by atoms with van der Waals surface area (Å²) in [7, 11) is 20.8. The minimum atomic E-state index is 0.942. The first-order valence-corrected chi connectivity index (χ1v) is 38.9. The lowest BCUT2D eigenvalue weighted by atomic mass is 9.93. The van der Waals surface area contributed by atoms with E-state index in [2.05, 4.69) is 430 Å². The zero-order valence-corrected chi connectivity index (χ0v) is 68.7. The molecule has 0 unspecified atom stereocenters. The van der Waals surface area contributed by atoms with Gasteiger partial charge in [-0.1, -0.05) is 133 Å². The average molecular weight is 1530 g/mol. The van der Waals surface area contributed by atoms with Crippen molar-refractivity contribution in [2.45, 2.75) is 41.5 Å². The lowest BCUT2D eigenvalue weighted by Crippen LogP contribution is -2.32. The highest BCUT2D eigenvalue weighted by Gasteiger charge is 2.28. The second kappa shape index (κ2) is 31.6. The predicted octanol–water partition coefficient (Wildman–Crippen LogP) is 16.0. The minimum absolute atomic E-state index is 0.942. The Balaban J connectivity index is 0.000000109. The molecule has 0 saturated heterocycles. The summed E-state index contributed by atoms with van der Waals surface area (Å²) in [6.07, 6.45) is 40.5. The highest BCUT2D eigenvalue weighted by molar-refractivity contribution is 5.83. The number of rotatable bonds is 10. The van der Waals surface area contributed by atoms with E-state index >= 15 is 0 Å². The summed E-state index contributed by atoms with van der Waals surface area (Å²) >= 11 is 0. The summed E-state index contributed by atoms with van der Waals surface area (Å²) in [6.45, 7) is 13.0. The molecule has 0 aliphatic heterocycles. The molecule has 576 valence electrons. The molecule has 0 spiro atoms. The molecule has 0 bridgehead atoms. The van der Waals surface area contributed by atoms with Gasteiger partial charge in [0.05, 0.1) is 11.1 Å². The van der Waals surface area contributed by atoms with Crippen molar-refractivity contribution in [2.24, 2.45) is 70.5 Å². The van der Waals surface area contributed by atoms with Gasteiger partial charge in [0.1, 0.15) is 63.7 Å². The van der Waals surface area contributed by atoms with Crippen LogP contribution in [0.5, 0.6) is 0 Å². The van der Waals surface area contributed by atoms with E-state index in [9.17, 15) is 0 Å². The van der Waals surface area contributed by atoms with Crippen LogP contribution >= 0.6 is 0 Å². The Kier molecular flexibility index (Phi) is 20.6. The molecule has 0 radical (unpaired) electrons. The molecule has 15 heterocycles. The number of fused-ring (bicyclic) bond motifs is 5. The van der Waals surface area contributed by atoms with Crippen molar-refractivity contribution in [1.29, 1.82) is 0 Å². The number of pyridine rings is 5. The summed E-state index contributed by atoms with van der Waals surface area (Å²) in [5.41, 5.74) is 31.9. The van der Waals surface area contributed by atoms with Gasteiger partial charge in [0, 0.05) is 175 Å². The molecule has 20 nitrogen and oxygen atoms in total. The van der Waals surface area contributed by atoms with Crippen molar-refractivity contribution >= 4 is 28.9 Å². The highest BCUT2D eigenvalue weighted by Crippen LogP contribution is 2.37. The second-order valence-electron chi connectivity index (χ2n) is 30.1. The molecule has 0 atom stereocenters.